The molecule has 226 valence electrons. The number of ether oxygens (including phenoxy) is 1. The fraction of sp³-hybridized carbons (Fsp3) is 0.394. The van der Waals surface area contributed by atoms with Crippen molar-refractivity contribution in [2.45, 2.75) is 52.6 Å². The molecular weight excluding hydrogens is 550 g/mol. The van der Waals surface area contributed by atoms with E-state index >= 15 is 0 Å². The topological polar surface area (TPSA) is 96.0 Å². The van der Waals surface area contributed by atoms with E-state index in [2.05, 4.69) is 5.32 Å². The van der Waals surface area contributed by atoms with Crippen LogP contribution in [0, 0.1) is 12.8 Å². The molecule has 0 radical (unpaired) electrons. The summed E-state index contributed by atoms with van der Waals surface area (Å²) >= 11 is 0. The quantitative estimate of drug-likeness (QED) is 0.269. The molecule has 0 aliphatic carbocycles. The van der Waals surface area contributed by atoms with E-state index in [1.807, 2.05) is 75.4 Å². The van der Waals surface area contributed by atoms with Gasteiger partial charge >= 0.3 is 0 Å². The number of aryl methyl sites for hydroxylation is 1. The van der Waals surface area contributed by atoms with Crippen LogP contribution in [0.1, 0.15) is 43.4 Å². The maximum Gasteiger partial charge on any atom is 0.243 e. The number of methoxy groups -OCH3 is 1. The van der Waals surface area contributed by atoms with Gasteiger partial charge in [0.2, 0.25) is 21.8 Å². The summed E-state index contributed by atoms with van der Waals surface area (Å²) in [5, 5.41) is 3.03. The van der Waals surface area contributed by atoms with Crippen molar-refractivity contribution in [2.24, 2.45) is 5.92 Å². The van der Waals surface area contributed by atoms with E-state index in [9.17, 15) is 18.0 Å². The molecule has 0 aromatic heterocycles. The number of rotatable bonds is 15. The van der Waals surface area contributed by atoms with Gasteiger partial charge in [0.1, 0.15) is 11.8 Å². The second kappa shape index (κ2) is 15.4. The minimum absolute atomic E-state index is 0.0653. The van der Waals surface area contributed by atoms with Gasteiger partial charge in [-0.25, -0.2) is 8.42 Å². The molecule has 42 heavy (non-hydrogen) atoms. The van der Waals surface area contributed by atoms with Crippen molar-refractivity contribution < 1.29 is 22.7 Å². The van der Waals surface area contributed by atoms with Crippen molar-refractivity contribution in [1.29, 1.82) is 0 Å². The third kappa shape index (κ3) is 9.34. The smallest absolute Gasteiger partial charge is 0.243 e. The van der Waals surface area contributed by atoms with Crippen LogP contribution in [0.3, 0.4) is 0 Å². The van der Waals surface area contributed by atoms with Gasteiger partial charge in [-0.2, -0.15) is 0 Å². The molecule has 2 amide bonds. The minimum Gasteiger partial charge on any atom is -0.495 e. The standard InChI is InChI=1S/C33H43N3O5S/c1-25(2)23-34-33(38)30(22-27-15-7-6-8-16-27)35(24-28-17-10-9-14-26(28)3)32(37)20-13-21-36(42(5,39)40)29-18-11-12-19-31(29)41-4/h6-12,14-19,25,30H,13,20-24H2,1-5H3,(H,34,38)/t30-/m1/s1. The fourth-order valence-corrected chi connectivity index (χ4v) is 5.73. The van der Waals surface area contributed by atoms with E-state index in [0.717, 1.165) is 22.9 Å². The van der Waals surface area contributed by atoms with Crippen LogP contribution < -0.4 is 14.4 Å². The van der Waals surface area contributed by atoms with E-state index in [0.29, 0.717) is 24.4 Å². The number of para-hydroxylation sites is 2. The van der Waals surface area contributed by atoms with Gasteiger partial charge in [-0.3, -0.25) is 13.9 Å². The molecule has 3 aromatic carbocycles. The number of nitrogens with zero attached hydrogens (tertiary/aromatic N) is 2. The number of carbonyl (C=O) groups is 2. The number of hydrogen-bond acceptors (Lipinski definition) is 5. The average Bonchev–Trinajstić information content (AvgIpc) is 2.96. The molecule has 0 unspecified atom stereocenters. The molecule has 0 heterocycles. The second-order valence-corrected chi connectivity index (χ2v) is 12.8. The third-order valence-corrected chi connectivity index (χ3v) is 8.24. The maximum atomic E-state index is 14.0. The Hall–Kier alpha value is -3.85. The van der Waals surface area contributed by atoms with Crippen LogP contribution in [0.25, 0.3) is 0 Å². The van der Waals surface area contributed by atoms with Crippen molar-refractivity contribution in [3.05, 3.63) is 95.6 Å². The van der Waals surface area contributed by atoms with Crippen molar-refractivity contribution in [2.75, 3.05) is 30.8 Å². The van der Waals surface area contributed by atoms with E-state index in [1.165, 1.54) is 11.4 Å². The highest BCUT2D eigenvalue weighted by atomic mass is 32.2. The lowest BCUT2D eigenvalue weighted by Gasteiger charge is -2.32. The first-order valence-electron chi connectivity index (χ1n) is 14.3. The van der Waals surface area contributed by atoms with E-state index in [1.54, 1.807) is 29.2 Å². The number of benzene rings is 3. The molecule has 0 saturated heterocycles. The Morgan fingerprint density at radius 1 is 0.929 bits per heavy atom. The summed E-state index contributed by atoms with van der Waals surface area (Å²) in [5.41, 5.74) is 3.34. The number of hydrogen-bond donors (Lipinski definition) is 1. The summed E-state index contributed by atoms with van der Waals surface area (Å²) in [5.74, 6) is 0.262. The van der Waals surface area contributed by atoms with Gasteiger partial charge < -0.3 is 15.0 Å². The third-order valence-electron chi connectivity index (χ3n) is 7.06. The van der Waals surface area contributed by atoms with Crippen molar-refractivity contribution in [3.8, 4) is 5.75 Å². The number of anilines is 1. The van der Waals surface area contributed by atoms with Crippen LogP contribution in [-0.4, -0.2) is 57.6 Å². The first kappa shape index (κ1) is 32.7. The van der Waals surface area contributed by atoms with Crippen molar-refractivity contribution in [1.82, 2.24) is 10.2 Å². The van der Waals surface area contributed by atoms with Crippen molar-refractivity contribution >= 4 is 27.5 Å². The number of sulfonamides is 1. The van der Waals surface area contributed by atoms with Gasteiger partial charge in [-0.05, 0) is 48.1 Å². The molecule has 3 aromatic rings. The van der Waals surface area contributed by atoms with Gasteiger partial charge in [-0.15, -0.1) is 0 Å². The zero-order valence-electron chi connectivity index (χ0n) is 25.2. The molecular formula is C33H43N3O5S. The Kier molecular flexibility index (Phi) is 12.0. The lowest BCUT2D eigenvalue weighted by Crippen LogP contribution is -2.51. The first-order valence-corrected chi connectivity index (χ1v) is 16.1. The van der Waals surface area contributed by atoms with E-state index in [4.69, 9.17) is 4.74 Å². The highest BCUT2D eigenvalue weighted by Crippen LogP contribution is 2.30. The van der Waals surface area contributed by atoms with Crippen LogP contribution in [0.2, 0.25) is 0 Å². The van der Waals surface area contributed by atoms with Crippen LogP contribution in [0.4, 0.5) is 5.69 Å². The molecule has 0 bridgehead atoms. The predicted molar refractivity (Wildman–Crippen MR) is 168 cm³/mol. The Morgan fingerprint density at radius 3 is 2.21 bits per heavy atom. The lowest BCUT2D eigenvalue weighted by atomic mass is 10.0. The molecule has 1 atom stereocenters. The Morgan fingerprint density at radius 2 is 1.57 bits per heavy atom. The molecule has 9 heteroatoms. The summed E-state index contributed by atoms with van der Waals surface area (Å²) in [6, 6.07) is 23.7. The Balaban J connectivity index is 1.90. The zero-order valence-corrected chi connectivity index (χ0v) is 26.1. The van der Waals surface area contributed by atoms with E-state index < -0.39 is 16.1 Å². The van der Waals surface area contributed by atoms with Crippen LogP contribution >= 0.6 is 0 Å². The largest absolute Gasteiger partial charge is 0.495 e. The molecule has 0 fully saturated rings. The minimum atomic E-state index is -3.64. The number of amides is 2. The Labute approximate surface area is 250 Å². The molecule has 0 saturated carbocycles. The van der Waals surface area contributed by atoms with Gasteiger partial charge in [0, 0.05) is 32.5 Å². The molecule has 8 nitrogen and oxygen atoms in total. The maximum absolute atomic E-state index is 14.0. The van der Waals surface area contributed by atoms with Crippen LogP contribution in [0.15, 0.2) is 78.9 Å². The fourth-order valence-electron chi connectivity index (χ4n) is 4.77. The number of carbonyl (C=O) groups excluding carboxylic acids is 2. The molecule has 1 N–H and O–H groups in total. The molecule has 3 rings (SSSR count). The average molecular weight is 594 g/mol. The summed E-state index contributed by atoms with van der Waals surface area (Å²) in [4.78, 5) is 29.3. The second-order valence-electron chi connectivity index (χ2n) is 10.9. The predicted octanol–water partition coefficient (Wildman–Crippen LogP) is 4.96. The molecule has 0 aliphatic heterocycles. The monoisotopic (exact) mass is 593 g/mol. The molecule has 0 aliphatic rings. The van der Waals surface area contributed by atoms with Gasteiger partial charge in [0.25, 0.3) is 0 Å². The van der Waals surface area contributed by atoms with Gasteiger partial charge in [0.15, 0.2) is 0 Å². The summed E-state index contributed by atoms with van der Waals surface area (Å²) < 4.78 is 32.1. The normalized spacial score (nSPS) is 12.0. The summed E-state index contributed by atoms with van der Waals surface area (Å²) in [7, 11) is -2.16. The van der Waals surface area contributed by atoms with Gasteiger partial charge in [0.05, 0.1) is 19.1 Å². The summed E-state index contributed by atoms with van der Waals surface area (Å²) in [6.45, 7) is 6.89. The van der Waals surface area contributed by atoms with E-state index in [-0.39, 0.29) is 43.7 Å². The van der Waals surface area contributed by atoms with Gasteiger partial charge in [-0.1, -0.05) is 80.6 Å². The first-order chi connectivity index (χ1) is 20.0. The highest BCUT2D eigenvalue weighted by Gasteiger charge is 2.31. The SMILES string of the molecule is COc1ccccc1N(CCCC(=O)N(Cc1ccccc1C)[C@H](Cc1ccccc1)C(=O)NCC(C)C)S(C)(=O)=O. The Bertz CT molecular complexity index is 1430. The van der Waals surface area contributed by atoms with Crippen LogP contribution in [0.5, 0.6) is 5.75 Å². The number of nitrogens with one attached hydrogen (secondary N) is 1. The highest BCUT2D eigenvalue weighted by molar-refractivity contribution is 7.92. The summed E-state index contributed by atoms with van der Waals surface area (Å²) in [6.07, 6.45) is 1.83. The van der Waals surface area contributed by atoms with Crippen molar-refractivity contribution in [3.63, 3.8) is 0 Å². The zero-order chi connectivity index (χ0) is 30.7. The lowest BCUT2D eigenvalue weighted by molar-refractivity contribution is -0.141. The van der Waals surface area contributed by atoms with Crippen LogP contribution in [-0.2, 0) is 32.6 Å². The molecule has 0 spiro atoms.